The fourth-order valence-electron chi connectivity index (χ4n) is 1.08. The lowest BCUT2D eigenvalue weighted by atomic mass is 10.3. The summed E-state index contributed by atoms with van der Waals surface area (Å²) in [7, 11) is 1.33. The topological polar surface area (TPSA) is 67.9 Å². The Bertz CT molecular complexity index is 494. The third kappa shape index (κ3) is 1.45. The van der Waals surface area contributed by atoms with Gasteiger partial charge in [0.2, 0.25) is 0 Å². The molecule has 0 fully saturated rings. The van der Waals surface area contributed by atoms with Crippen molar-refractivity contribution in [2.45, 2.75) is 0 Å². The number of aromatic nitrogens is 3. The van der Waals surface area contributed by atoms with Gasteiger partial charge in [-0.3, -0.25) is 5.10 Å². The standard InChI is InChI=1S/C8H6IN3O2/c1-14-8(13)5-3-2-4-6(10-5)7(9)12-11-4/h2-3H,1H3,(H,11,12). The van der Waals surface area contributed by atoms with Gasteiger partial charge in [-0.2, -0.15) is 5.10 Å². The minimum absolute atomic E-state index is 0.291. The Balaban J connectivity index is 2.60. The molecule has 0 aromatic carbocycles. The summed E-state index contributed by atoms with van der Waals surface area (Å²) in [5.74, 6) is -0.441. The molecule has 5 nitrogen and oxygen atoms in total. The van der Waals surface area contributed by atoms with Gasteiger partial charge in [0, 0.05) is 0 Å². The number of H-pyrrole nitrogens is 1. The molecule has 0 aliphatic rings. The van der Waals surface area contributed by atoms with E-state index in [0.29, 0.717) is 11.2 Å². The zero-order chi connectivity index (χ0) is 10.1. The van der Waals surface area contributed by atoms with Gasteiger partial charge in [0.15, 0.2) is 0 Å². The van der Waals surface area contributed by atoms with Crippen LogP contribution in [0.1, 0.15) is 10.5 Å². The first-order valence-corrected chi connectivity index (χ1v) is 4.89. The smallest absolute Gasteiger partial charge is 0.356 e. The van der Waals surface area contributed by atoms with Crippen molar-refractivity contribution in [3.05, 3.63) is 21.5 Å². The molecule has 0 unspecified atom stereocenters. The highest BCUT2D eigenvalue weighted by Crippen LogP contribution is 2.15. The average Bonchev–Trinajstić information content (AvgIpc) is 2.59. The highest BCUT2D eigenvalue weighted by atomic mass is 127. The number of aromatic amines is 1. The molecule has 0 saturated heterocycles. The Morgan fingerprint density at radius 3 is 3.07 bits per heavy atom. The molecule has 0 saturated carbocycles. The Labute approximate surface area is 93.0 Å². The van der Waals surface area contributed by atoms with E-state index in [4.69, 9.17) is 0 Å². The number of pyridine rings is 1. The number of nitrogens with one attached hydrogen (secondary N) is 1. The fraction of sp³-hybridized carbons (Fsp3) is 0.125. The second kappa shape index (κ2) is 3.52. The number of carbonyl (C=O) groups excluding carboxylic acids is 1. The molecule has 1 N–H and O–H groups in total. The number of methoxy groups -OCH3 is 1. The number of hydrogen-bond donors (Lipinski definition) is 1. The molecule has 0 atom stereocenters. The normalized spacial score (nSPS) is 10.4. The SMILES string of the molecule is COC(=O)c1ccc2n[nH]c(I)c2n1. The number of rotatable bonds is 1. The quantitative estimate of drug-likeness (QED) is 0.638. The van der Waals surface area contributed by atoms with E-state index in [9.17, 15) is 4.79 Å². The number of ether oxygens (including phenoxy) is 1. The van der Waals surface area contributed by atoms with Crippen LogP contribution in [0.15, 0.2) is 12.1 Å². The molecule has 6 heteroatoms. The van der Waals surface area contributed by atoms with Crippen LogP contribution < -0.4 is 0 Å². The molecular weight excluding hydrogens is 297 g/mol. The maximum absolute atomic E-state index is 11.2. The zero-order valence-electron chi connectivity index (χ0n) is 7.24. The van der Waals surface area contributed by atoms with E-state index in [-0.39, 0.29) is 0 Å². The van der Waals surface area contributed by atoms with Crippen LogP contribution in [0.5, 0.6) is 0 Å². The second-order valence-electron chi connectivity index (χ2n) is 2.59. The van der Waals surface area contributed by atoms with Crippen molar-refractivity contribution in [1.82, 2.24) is 15.2 Å². The summed E-state index contributed by atoms with van der Waals surface area (Å²) < 4.78 is 5.38. The first-order chi connectivity index (χ1) is 6.72. The molecule has 2 aromatic heterocycles. The Hall–Kier alpha value is -1.18. The summed E-state index contributed by atoms with van der Waals surface area (Å²) in [5, 5.41) is 6.78. The predicted octanol–water partition coefficient (Wildman–Crippen LogP) is 1.35. The highest BCUT2D eigenvalue weighted by molar-refractivity contribution is 14.1. The van der Waals surface area contributed by atoms with Crippen molar-refractivity contribution in [2.75, 3.05) is 7.11 Å². The molecule has 0 spiro atoms. The third-order valence-corrected chi connectivity index (χ3v) is 2.50. The lowest BCUT2D eigenvalue weighted by molar-refractivity contribution is 0.0594. The summed E-state index contributed by atoms with van der Waals surface area (Å²) in [6.45, 7) is 0. The molecular formula is C8H6IN3O2. The van der Waals surface area contributed by atoms with Crippen LogP contribution in [0.25, 0.3) is 11.0 Å². The molecule has 0 aliphatic heterocycles. The molecule has 72 valence electrons. The molecule has 0 bridgehead atoms. The molecule has 0 radical (unpaired) electrons. The van der Waals surface area contributed by atoms with Crippen molar-refractivity contribution in [3.8, 4) is 0 Å². The number of hydrogen-bond acceptors (Lipinski definition) is 4. The number of carbonyl (C=O) groups is 1. The second-order valence-corrected chi connectivity index (χ2v) is 3.67. The van der Waals surface area contributed by atoms with Crippen molar-refractivity contribution >= 4 is 39.6 Å². The van der Waals surface area contributed by atoms with Gasteiger partial charge in [-0.1, -0.05) is 0 Å². The minimum Gasteiger partial charge on any atom is -0.464 e. The minimum atomic E-state index is -0.441. The van der Waals surface area contributed by atoms with E-state index < -0.39 is 5.97 Å². The average molecular weight is 303 g/mol. The Morgan fingerprint density at radius 1 is 1.57 bits per heavy atom. The van der Waals surface area contributed by atoms with E-state index in [1.807, 2.05) is 0 Å². The fourth-order valence-corrected chi connectivity index (χ4v) is 1.60. The highest BCUT2D eigenvalue weighted by Gasteiger charge is 2.10. The molecule has 0 aliphatic carbocycles. The van der Waals surface area contributed by atoms with Gasteiger partial charge in [0.05, 0.1) is 7.11 Å². The van der Waals surface area contributed by atoms with Crippen LogP contribution in [0.2, 0.25) is 0 Å². The summed E-state index contributed by atoms with van der Waals surface area (Å²) in [5.41, 5.74) is 1.72. The first-order valence-electron chi connectivity index (χ1n) is 3.81. The van der Waals surface area contributed by atoms with Gasteiger partial charge < -0.3 is 4.74 Å². The van der Waals surface area contributed by atoms with Gasteiger partial charge in [-0.15, -0.1) is 0 Å². The third-order valence-electron chi connectivity index (χ3n) is 1.75. The molecule has 0 amide bonds. The maximum Gasteiger partial charge on any atom is 0.356 e. The zero-order valence-corrected chi connectivity index (χ0v) is 9.40. The lowest BCUT2D eigenvalue weighted by Crippen LogP contribution is -2.03. The number of esters is 1. The Morgan fingerprint density at radius 2 is 2.36 bits per heavy atom. The van der Waals surface area contributed by atoms with Crippen molar-refractivity contribution < 1.29 is 9.53 Å². The molecule has 14 heavy (non-hydrogen) atoms. The molecule has 2 aromatic rings. The van der Waals surface area contributed by atoms with Crippen LogP contribution in [0.3, 0.4) is 0 Å². The number of nitrogens with zero attached hydrogens (tertiary/aromatic N) is 2. The van der Waals surface area contributed by atoms with E-state index >= 15 is 0 Å². The Kier molecular flexibility index (Phi) is 2.36. The number of halogens is 1. The van der Waals surface area contributed by atoms with E-state index in [0.717, 1.165) is 9.22 Å². The van der Waals surface area contributed by atoms with E-state index in [1.165, 1.54) is 7.11 Å². The van der Waals surface area contributed by atoms with Gasteiger partial charge in [0.1, 0.15) is 20.4 Å². The van der Waals surface area contributed by atoms with Gasteiger partial charge in [-0.25, -0.2) is 9.78 Å². The summed E-state index contributed by atoms with van der Waals surface area (Å²) in [6, 6.07) is 3.32. The van der Waals surface area contributed by atoms with Gasteiger partial charge >= 0.3 is 5.97 Å². The van der Waals surface area contributed by atoms with E-state index in [2.05, 4.69) is 42.5 Å². The summed E-state index contributed by atoms with van der Waals surface area (Å²) in [4.78, 5) is 15.3. The molecule has 2 rings (SSSR count). The van der Waals surface area contributed by atoms with Gasteiger partial charge in [0.25, 0.3) is 0 Å². The van der Waals surface area contributed by atoms with E-state index in [1.54, 1.807) is 12.1 Å². The largest absolute Gasteiger partial charge is 0.464 e. The van der Waals surface area contributed by atoms with Crippen LogP contribution >= 0.6 is 22.6 Å². The first kappa shape index (κ1) is 9.38. The maximum atomic E-state index is 11.2. The van der Waals surface area contributed by atoms with Crippen LogP contribution in [0, 0.1) is 3.70 Å². The molecule has 2 heterocycles. The summed E-state index contributed by atoms with van der Waals surface area (Å²) in [6.07, 6.45) is 0. The van der Waals surface area contributed by atoms with Crippen LogP contribution in [-0.4, -0.2) is 28.3 Å². The monoisotopic (exact) mass is 303 g/mol. The van der Waals surface area contributed by atoms with Crippen LogP contribution in [0.4, 0.5) is 0 Å². The summed E-state index contributed by atoms with van der Waals surface area (Å²) >= 11 is 2.07. The lowest BCUT2D eigenvalue weighted by Gasteiger charge is -1.96. The predicted molar refractivity (Wildman–Crippen MR) is 57.9 cm³/mol. The van der Waals surface area contributed by atoms with Crippen molar-refractivity contribution in [1.29, 1.82) is 0 Å². The van der Waals surface area contributed by atoms with Crippen LogP contribution in [-0.2, 0) is 4.74 Å². The van der Waals surface area contributed by atoms with Crippen molar-refractivity contribution in [2.24, 2.45) is 0 Å². The van der Waals surface area contributed by atoms with Gasteiger partial charge in [-0.05, 0) is 34.7 Å². The number of fused-ring (bicyclic) bond motifs is 1. The van der Waals surface area contributed by atoms with Crippen molar-refractivity contribution in [3.63, 3.8) is 0 Å².